The highest BCUT2D eigenvalue weighted by Crippen LogP contribution is 2.14. The van der Waals surface area contributed by atoms with Crippen LogP contribution in [0, 0.1) is 5.92 Å². The molecule has 0 spiro atoms. The summed E-state index contributed by atoms with van der Waals surface area (Å²) in [5.74, 6) is -0.796. The third-order valence-corrected chi connectivity index (χ3v) is 5.85. The van der Waals surface area contributed by atoms with Crippen molar-refractivity contribution >= 4 is 11.9 Å². The summed E-state index contributed by atoms with van der Waals surface area (Å²) in [6, 6.07) is -0.747. The van der Waals surface area contributed by atoms with E-state index in [-0.39, 0.29) is 11.8 Å². The fourth-order valence-corrected chi connectivity index (χ4v) is 3.97. The van der Waals surface area contributed by atoms with Gasteiger partial charge in [0.1, 0.15) is 6.04 Å². The molecule has 0 aliphatic rings. The lowest BCUT2D eigenvalue weighted by atomic mass is 10.0. The van der Waals surface area contributed by atoms with Gasteiger partial charge in [-0.25, -0.2) is 4.79 Å². The molecule has 0 radical (unpaired) electrons. The second-order valence-corrected chi connectivity index (χ2v) is 9.49. The van der Waals surface area contributed by atoms with Crippen LogP contribution in [0.3, 0.4) is 0 Å². The van der Waals surface area contributed by atoms with Crippen LogP contribution in [0.1, 0.15) is 143 Å². The Hall–Kier alpha value is -1.06. The fourth-order valence-electron chi connectivity index (χ4n) is 3.97. The van der Waals surface area contributed by atoms with Crippen LogP contribution in [0.15, 0.2) is 0 Å². The van der Waals surface area contributed by atoms with Gasteiger partial charge in [0, 0.05) is 6.42 Å². The number of unbranched alkanes of at least 4 members (excludes halogenated alkanes) is 16. The van der Waals surface area contributed by atoms with Gasteiger partial charge in [0.25, 0.3) is 0 Å². The van der Waals surface area contributed by atoms with Gasteiger partial charge < -0.3 is 10.4 Å². The predicted octanol–water partition coefficient (Wildman–Crippen LogP) is 7.64. The Kier molecular flexibility index (Phi) is 20.4. The van der Waals surface area contributed by atoms with E-state index in [0.29, 0.717) is 12.8 Å². The first-order valence-corrected chi connectivity index (χ1v) is 13.0. The Morgan fingerprint density at radius 3 is 1.37 bits per heavy atom. The highest BCUT2D eigenvalue weighted by molar-refractivity contribution is 5.83. The molecule has 0 rings (SSSR count). The number of carbonyl (C=O) groups is 2. The monoisotopic (exact) mass is 425 g/mol. The Morgan fingerprint density at radius 2 is 1.03 bits per heavy atom. The smallest absolute Gasteiger partial charge is 0.326 e. The van der Waals surface area contributed by atoms with Crippen molar-refractivity contribution in [1.82, 2.24) is 5.32 Å². The van der Waals surface area contributed by atoms with E-state index in [1.807, 2.05) is 13.8 Å². The van der Waals surface area contributed by atoms with Crippen LogP contribution >= 0.6 is 0 Å². The standard InChI is InChI=1S/C26H51NO3/c1-4-5-6-7-8-9-10-11-12-13-14-15-16-17-18-19-20-21-25(28)27-24(26(29)30)22-23(2)3/h23-24H,4-22H2,1-3H3,(H,27,28)(H,29,30)/t24-/m0/s1. The molecule has 0 aliphatic carbocycles. The summed E-state index contributed by atoms with van der Waals surface area (Å²) in [4.78, 5) is 23.1. The Bertz CT molecular complexity index is 409. The SMILES string of the molecule is CCCCCCCCCCCCCCCCCCCC(=O)N[C@@H](CC(C)C)C(=O)O. The lowest BCUT2D eigenvalue weighted by Gasteiger charge is -2.16. The first-order chi connectivity index (χ1) is 14.5. The average Bonchev–Trinajstić information content (AvgIpc) is 2.69. The van der Waals surface area contributed by atoms with Gasteiger partial charge in [-0.1, -0.05) is 124 Å². The molecule has 1 amide bonds. The largest absolute Gasteiger partial charge is 0.480 e. The van der Waals surface area contributed by atoms with Crippen molar-refractivity contribution in [2.24, 2.45) is 5.92 Å². The topological polar surface area (TPSA) is 66.4 Å². The van der Waals surface area contributed by atoms with Gasteiger partial charge in [-0.15, -0.1) is 0 Å². The molecule has 0 aromatic carbocycles. The third-order valence-electron chi connectivity index (χ3n) is 5.85. The molecule has 4 heteroatoms. The summed E-state index contributed by atoms with van der Waals surface area (Å²) in [6.07, 6.45) is 23.4. The summed E-state index contributed by atoms with van der Waals surface area (Å²) in [6.45, 7) is 6.22. The minimum absolute atomic E-state index is 0.121. The number of carbonyl (C=O) groups excluding carboxylic acids is 1. The maximum absolute atomic E-state index is 11.9. The van der Waals surface area contributed by atoms with Crippen LogP contribution in [-0.2, 0) is 9.59 Å². The van der Waals surface area contributed by atoms with Crippen molar-refractivity contribution in [3.8, 4) is 0 Å². The number of carboxylic acids is 1. The van der Waals surface area contributed by atoms with E-state index >= 15 is 0 Å². The van der Waals surface area contributed by atoms with Gasteiger partial charge in [0.05, 0.1) is 0 Å². The molecule has 0 bridgehead atoms. The van der Waals surface area contributed by atoms with Crippen molar-refractivity contribution in [2.75, 3.05) is 0 Å². The number of nitrogens with one attached hydrogen (secondary N) is 1. The van der Waals surface area contributed by atoms with Crippen LogP contribution in [0.25, 0.3) is 0 Å². The minimum atomic E-state index is -0.931. The first-order valence-electron chi connectivity index (χ1n) is 13.0. The lowest BCUT2D eigenvalue weighted by Crippen LogP contribution is -2.41. The summed E-state index contributed by atoms with van der Waals surface area (Å²) in [5.41, 5.74) is 0. The summed E-state index contributed by atoms with van der Waals surface area (Å²) in [7, 11) is 0. The molecule has 0 aromatic rings. The van der Waals surface area contributed by atoms with Crippen LogP contribution in [0.2, 0.25) is 0 Å². The quantitative estimate of drug-likeness (QED) is 0.175. The number of amides is 1. The fraction of sp³-hybridized carbons (Fsp3) is 0.923. The van der Waals surface area contributed by atoms with Crippen molar-refractivity contribution in [3.63, 3.8) is 0 Å². The predicted molar refractivity (Wildman–Crippen MR) is 128 cm³/mol. The number of hydrogen-bond acceptors (Lipinski definition) is 2. The summed E-state index contributed by atoms with van der Waals surface area (Å²) in [5, 5.41) is 11.8. The number of carboxylic acid groups (broad SMARTS) is 1. The molecule has 178 valence electrons. The van der Waals surface area contributed by atoms with Gasteiger partial charge in [-0.3, -0.25) is 4.79 Å². The second kappa shape index (κ2) is 21.2. The van der Waals surface area contributed by atoms with E-state index in [2.05, 4.69) is 12.2 Å². The highest BCUT2D eigenvalue weighted by Gasteiger charge is 2.20. The van der Waals surface area contributed by atoms with Crippen molar-refractivity contribution in [1.29, 1.82) is 0 Å². The van der Waals surface area contributed by atoms with Gasteiger partial charge in [-0.05, 0) is 18.8 Å². The van der Waals surface area contributed by atoms with E-state index in [0.717, 1.165) is 12.8 Å². The molecule has 4 nitrogen and oxygen atoms in total. The van der Waals surface area contributed by atoms with Gasteiger partial charge in [0.15, 0.2) is 0 Å². The zero-order valence-corrected chi connectivity index (χ0v) is 20.4. The van der Waals surface area contributed by atoms with Crippen molar-refractivity contribution in [3.05, 3.63) is 0 Å². The molecule has 30 heavy (non-hydrogen) atoms. The third kappa shape index (κ3) is 20.2. The molecule has 0 aromatic heterocycles. The van der Waals surface area contributed by atoms with E-state index in [4.69, 9.17) is 0 Å². The van der Waals surface area contributed by atoms with Crippen molar-refractivity contribution < 1.29 is 14.7 Å². The molecule has 0 saturated heterocycles. The Labute approximate surface area is 187 Å². The average molecular weight is 426 g/mol. The van der Waals surface area contributed by atoms with Crippen LogP contribution < -0.4 is 5.32 Å². The van der Waals surface area contributed by atoms with E-state index in [9.17, 15) is 14.7 Å². The van der Waals surface area contributed by atoms with E-state index < -0.39 is 12.0 Å². The zero-order valence-electron chi connectivity index (χ0n) is 20.4. The molecular formula is C26H51NO3. The summed E-state index contributed by atoms with van der Waals surface area (Å²) < 4.78 is 0. The molecule has 0 unspecified atom stereocenters. The van der Waals surface area contributed by atoms with Crippen molar-refractivity contribution in [2.45, 2.75) is 149 Å². The Morgan fingerprint density at radius 1 is 0.667 bits per heavy atom. The second-order valence-electron chi connectivity index (χ2n) is 9.49. The van der Waals surface area contributed by atoms with Crippen LogP contribution in [0.5, 0.6) is 0 Å². The lowest BCUT2D eigenvalue weighted by molar-refractivity contribution is -0.142. The van der Waals surface area contributed by atoms with E-state index in [1.54, 1.807) is 0 Å². The number of aliphatic carboxylic acids is 1. The number of hydrogen-bond donors (Lipinski definition) is 2. The molecule has 0 aliphatic heterocycles. The normalized spacial score (nSPS) is 12.3. The molecule has 0 saturated carbocycles. The molecule has 0 fully saturated rings. The Balaban J connectivity index is 3.36. The van der Waals surface area contributed by atoms with Crippen LogP contribution in [-0.4, -0.2) is 23.0 Å². The maximum Gasteiger partial charge on any atom is 0.326 e. The van der Waals surface area contributed by atoms with E-state index in [1.165, 1.54) is 96.3 Å². The van der Waals surface area contributed by atoms with Gasteiger partial charge in [0.2, 0.25) is 5.91 Å². The number of rotatable bonds is 22. The van der Waals surface area contributed by atoms with Crippen LogP contribution in [0.4, 0.5) is 0 Å². The molecule has 2 N–H and O–H groups in total. The molecular weight excluding hydrogens is 374 g/mol. The maximum atomic E-state index is 11.9. The summed E-state index contributed by atoms with van der Waals surface area (Å²) >= 11 is 0. The zero-order chi connectivity index (χ0) is 22.5. The first kappa shape index (κ1) is 28.9. The van der Waals surface area contributed by atoms with Gasteiger partial charge in [-0.2, -0.15) is 0 Å². The van der Waals surface area contributed by atoms with Gasteiger partial charge >= 0.3 is 5.97 Å². The molecule has 0 heterocycles. The minimum Gasteiger partial charge on any atom is -0.480 e. The molecule has 1 atom stereocenters. The highest BCUT2D eigenvalue weighted by atomic mass is 16.4.